The Balaban J connectivity index is 2.35. The van der Waals surface area contributed by atoms with Crippen molar-refractivity contribution in [3.05, 3.63) is 64.2 Å². The molecule has 31 heavy (non-hydrogen) atoms. The number of likely N-dealkylation sites (N-methyl/N-ethyl adjacent to an activating group) is 1. The molecule has 2 aromatic carbocycles. The summed E-state index contributed by atoms with van der Waals surface area (Å²) in [6.45, 7) is 0.0168. The van der Waals surface area contributed by atoms with Crippen LogP contribution in [0.25, 0.3) is 0 Å². The summed E-state index contributed by atoms with van der Waals surface area (Å²) in [5.74, 6) is -0.542. The molecule has 0 aliphatic rings. The molecule has 1 N–H and O–H groups in total. The zero-order valence-electron chi connectivity index (χ0n) is 17.0. The first-order valence-electron chi connectivity index (χ1n) is 8.83. The van der Waals surface area contributed by atoms with E-state index in [1.165, 1.54) is 31.4 Å². The molecule has 0 spiro atoms. The van der Waals surface area contributed by atoms with Crippen molar-refractivity contribution in [3.8, 4) is 5.75 Å². The largest absolute Gasteiger partial charge is 0.468 e. The Morgan fingerprint density at radius 3 is 2.19 bits per heavy atom. The highest BCUT2D eigenvalue weighted by Crippen LogP contribution is 2.28. The number of nitro benzene ring substituents is 1. The van der Waals surface area contributed by atoms with Gasteiger partial charge in [0.1, 0.15) is 11.9 Å². The van der Waals surface area contributed by atoms with Crippen molar-refractivity contribution in [2.45, 2.75) is 17.0 Å². The highest BCUT2D eigenvalue weighted by Gasteiger charge is 2.39. The summed E-state index contributed by atoms with van der Waals surface area (Å²) in [5.41, 5.74) is -0.0483. The molecule has 0 unspecified atom stereocenters. The lowest BCUT2D eigenvalue weighted by Crippen LogP contribution is -2.46. The highest BCUT2D eigenvalue weighted by atomic mass is 32.2. The number of nitro groups is 1. The van der Waals surface area contributed by atoms with E-state index in [0.29, 0.717) is 10.1 Å². The number of carbonyl (C=O) groups excluding carboxylic acids is 1. The number of benzene rings is 2. The monoisotopic (exact) mass is 454 g/mol. The van der Waals surface area contributed by atoms with Gasteiger partial charge in [-0.2, -0.15) is 4.31 Å². The summed E-state index contributed by atoms with van der Waals surface area (Å²) >= 11 is 0. The number of aliphatic hydroxyl groups is 1. The average Bonchev–Trinajstić information content (AvgIpc) is 2.77. The van der Waals surface area contributed by atoms with Crippen LogP contribution in [0, 0.1) is 10.1 Å². The lowest BCUT2D eigenvalue weighted by Gasteiger charge is -2.29. The van der Waals surface area contributed by atoms with Gasteiger partial charge >= 0.3 is 5.97 Å². The van der Waals surface area contributed by atoms with Crippen LogP contribution in [0.1, 0.15) is 11.7 Å². The molecule has 0 amide bonds. The molecule has 2 rings (SSSR count). The number of sulfonamides is 1. The Kier molecular flexibility index (Phi) is 8.05. The maximum atomic E-state index is 13.0. The maximum absolute atomic E-state index is 13.0. The van der Waals surface area contributed by atoms with Crippen LogP contribution in [0.5, 0.6) is 5.75 Å². The Labute approximate surface area is 179 Å². The molecule has 0 saturated heterocycles. The fraction of sp³-hybridized carbons (Fsp3) is 0.316. The van der Waals surface area contributed by atoms with E-state index in [2.05, 4.69) is 0 Å². The number of hydrogen-bond donors (Lipinski definition) is 1. The molecule has 2 atom stereocenters. The third-order valence-electron chi connectivity index (χ3n) is 4.42. The second-order valence-corrected chi connectivity index (χ2v) is 8.30. The van der Waals surface area contributed by atoms with E-state index in [1.54, 1.807) is 0 Å². The van der Waals surface area contributed by atoms with Crippen LogP contribution < -0.4 is 4.74 Å². The standard InChI is InChI=1S/C19H22N2O9S/c1-20(31(26,27)16-10-6-14(7-11-16)21(24)25)17(19(23)29-3)18(22)13-4-8-15(9-5-13)30-12-28-2/h4-11,17-18,22H,12H2,1-3H3/t17-,18-/m1/s1. The lowest BCUT2D eigenvalue weighted by atomic mass is 10.0. The predicted molar refractivity (Wildman–Crippen MR) is 108 cm³/mol. The van der Waals surface area contributed by atoms with Gasteiger partial charge in [0.2, 0.25) is 10.0 Å². The first-order chi connectivity index (χ1) is 14.6. The van der Waals surface area contributed by atoms with Crippen molar-refractivity contribution in [1.29, 1.82) is 0 Å². The predicted octanol–water partition coefficient (Wildman–Crippen LogP) is 1.47. The number of aliphatic hydroxyl groups excluding tert-OH is 1. The summed E-state index contributed by atoms with van der Waals surface area (Å²) < 4.78 is 41.4. The van der Waals surface area contributed by atoms with Gasteiger partial charge in [-0.3, -0.25) is 14.9 Å². The summed E-state index contributed by atoms with van der Waals surface area (Å²) in [4.78, 5) is 22.2. The van der Waals surface area contributed by atoms with Gasteiger partial charge in [0.25, 0.3) is 5.69 Å². The zero-order valence-corrected chi connectivity index (χ0v) is 17.8. The Morgan fingerprint density at radius 1 is 1.13 bits per heavy atom. The second-order valence-electron chi connectivity index (χ2n) is 6.30. The van der Waals surface area contributed by atoms with Crippen LogP contribution in [0.2, 0.25) is 0 Å². The molecular formula is C19H22N2O9S. The molecule has 2 aromatic rings. The molecule has 0 radical (unpaired) electrons. The van der Waals surface area contributed by atoms with Crippen LogP contribution in [-0.4, -0.2) is 62.8 Å². The number of hydrogen-bond acceptors (Lipinski definition) is 9. The van der Waals surface area contributed by atoms with Crippen LogP contribution in [-0.2, 0) is 24.3 Å². The van der Waals surface area contributed by atoms with Crippen LogP contribution in [0.4, 0.5) is 5.69 Å². The van der Waals surface area contributed by atoms with Crippen LogP contribution in [0.15, 0.2) is 53.4 Å². The average molecular weight is 454 g/mol. The number of carbonyl (C=O) groups is 1. The SMILES string of the molecule is COCOc1ccc([C@@H](O)[C@H](C(=O)OC)N(C)S(=O)(=O)c2ccc([N+](=O)[O-])cc2)cc1. The van der Waals surface area contributed by atoms with E-state index < -0.39 is 33.1 Å². The second kappa shape index (κ2) is 10.3. The minimum atomic E-state index is -4.30. The Bertz CT molecular complexity index is 1010. The zero-order chi connectivity index (χ0) is 23.2. The molecule has 0 aliphatic heterocycles. The molecule has 11 nitrogen and oxygen atoms in total. The van der Waals surface area contributed by atoms with Crippen molar-refractivity contribution in [3.63, 3.8) is 0 Å². The van der Waals surface area contributed by atoms with Crippen molar-refractivity contribution in [1.82, 2.24) is 4.31 Å². The fourth-order valence-electron chi connectivity index (χ4n) is 2.72. The molecule has 0 aromatic heterocycles. The third-order valence-corrected chi connectivity index (χ3v) is 6.28. The van der Waals surface area contributed by atoms with E-state index in [9.17, 15) is 28.4 Å². The number of esters is 1. The number of ether oxygens (including phenoxy) is 3. The number of rotatable bonds is 10. The third kappa shape index (κ3) is 5.55. The quantitative estimate of drug-likeness (QED) is 0.244. The van der Waals surface area contributed by atoms with Gasteiger partial charge in [-0.25, -0.2) is 8.42 Å². The van der Waals surface area contributed by atoms with Gasteiger partial charge in [0.05, 0.1) is 16.9 Å². The van der Waals surface area contributed by atoms with E-state index in [4.69, 9.17) is 14.2 Å². The molecule has 168 valence electrons. The van der Waals surface area contributed by atoms with Crippen LogP contribution >= 0.6 is 0 Å². The van der Waals surface area contributed by atoms with Gasteiger partial charge in [0.15, 0.2) is 12.8 Å². The number of non-ortho nitro benzene ring substituents is 1. The van der Waals surface area contributed by atoms with Gasteiger partial charge in [-0.15, -0.1) is 0 Å². The van der Waals surface area contributed by atoms with Gasteiger partial charge < -0.3 is 19.3 Å². The molecule has 0 bridgehead atoms. The van der Waals surface area contributed by atoms with Crippen LogP contribution in [0.3, 0.4) is 0 Å². The summed E-state index contributed by atoms with van der Waals surface area (Å²) in [6, 6.07) is 8.53. The summed E-state index contributed by atoms with van der Waals surface area (Å²) in [6.07, 6.45) is -1.57. The van der Waals surface area contributed by atoms with E-state index in [-0.39, 0.29) is 22.9 Å². The van der Waals surface area contributed by atoms with Crippen molar-refractivity contribution >= 4 is 21.7 Å². The fourth-order valence-corrected chi connectivity index (χ4v) is 4.04. The Morgan fingerprint density at radius 2 is 1.71 bits per heavy atom. The molecule has 0 fully saturated rings. The van der Waals surface area contributed by atoms with Crippen molar-refractivity contribution < 1.29 is 37.5 Å². The first-order valence-corrected chi connectivity index (χ1v) is 10.3. The van der Waals surface area contributed by atoms with E-state index in [0.717, 1.165) is 38.4 Å². The number of methoxy groups -OCH3 is 2. The van der Waals surface area contributed by atoms with Crippen molar-refractivity contribution in [2.24, 2.45) is 0 Å². The molecule has 0 saturated carbocycles. The minimum Gasteiger partial charge on any atom is -0.468 e. The maximum Gasteiger partial charge on any atom is 0.327 e. The molecule has 0 aliphatic carbocycles. The summed E-state index contributed by atoms with van der Waals surface area (Å²) in [7, 11) is -0.667. The Hall–Kier alpha value is -3.06. The molecular weight excluding hydrogens is 432 g/mol. The highest BCUT2D eigenvalue weighted by molar-refractivity contribution is 7.89. The van der Waals surface area contributed by atoms with E-state index in [1.807, 2.05) is 0 Å². The van der Waals surface area contributed by atoms with E-state index >= 15 is 0 Å². The minimum absolute atomic E-state index is 0.0168. The lowest BCUT2D eigenvalue weighted by molar-refractivity contribution is -0.384. The summed E-state index contributed by atoms with van der Waals surface area (Å²) in [5, 5.41) is 21.6. The van der Waals surface area contributed by atoms with Gasteiger partial charge in [-0.1, -0.05) is 12.1 Å². The van der Waals surface area contributed by atoms with Gasteiger partial charge in [0, 0.05) is 26.3 Å². The smallest absolute Gasteiger partial charge is 0.327 e. The molecule has 0 heterocycles. The van der Waals surface area contributed by atoms with Crippen molar-refractivity contribution in [2.75, 3.05) is 28.1 Å². The number of nitrogens with zero attached hydrogens (tertiary/aromatic N) is 2. The topological polar surface area (TPSA) is 146 Å². The van der Waals surface area contributed by atoms with Gasteiger partial charge in [-0.05, 0) is 29.8 Å². The normalized spacial score (nSPS) is 13.5. The molecule has 12 heteroatoms. The first kappa shape index (κ1) is 24.2.